The number of halogens is 1. The van der Waals surface area contributed by atoms with Crippen molar-refractivity contribution in [2.45, 2.75) is 20.1 Å². The zero-order chi connectivity index (χ0) is 18.6. The summed E-state index contributed by atoms with van der Waals surface area (Å²) in [5.41, 5.74) is 2.02. The SMILES string of the molecule is CCOc1cc(CNCCOCCO)c(Cl)cc1OCc1ccccc1. The summed E-state index contributed by atoms with van der Waals surface area (Å²) >= 11 is 6.41. The Bertz CT molecular complexity index is 652. The van der Waals surface area contributed by atoms with E-state index in [1.807, 2.05) is 43.3 Å². The molecule has 5 nitrogen and oxygen atoms in total. The highest BCUT2D eigenvalue weighted by atomic mass is 35.5. The Morgan fingerprint density at radius 3 is 2.54 bits per heavy atom. The van der Waals surface area contributed by atoms with Gasteiger partial charge >= 0.3 is 0 Å². The van der Waals surface area contributed by atoms with Gasteiger partial charge in [-0.2, -0.15) is 0 Å². The molecule has 0 saturated heterocycles. The lowest BCUT2D eigenvalue weighted by Gasteiger charge is -2.15. The van der Waals surface area contributed by atoms with Crippen molar-refractivity contribution >= 4 is 11.6 Å². The van der Waals surface area contributed by atoms with Crippen LogP contribution in [0.25, 0.3) is 0 Å². The van der Waals surface area contributed by atoms with Gasteiger partial charge in [0.05, 0.1) is 26.4 Å². The van der Waals surface area contributed by atoms with Gasteiger partial charge in [-0.1, -0.05) is 41.9 Å². The van der Waals surface area contributed by atoms with Crippen molar-refractivity contribution in [3.05, 3.63) is 58.6 Å². The molecule has 0 saturated carbocycles. The third-order valence-corrected chi connectivity index (χ3v) is 3.98. The standard InChI is InChI=1S/C20H26ClNO4/c1-2-25-19-12-17(14-22-8-10-24-11-9-23)18(21)13-20(19)26-15-16-6-4-3-5-7-16/h3-7,12-13,22-23H,2,8-11,14-15H2,1H3. The van der Waals surface area contributed by atoms with Crippen molar-refractivity contribution in [3.63, 3.8) is 0 Å². The Hall–Kier alpha value is -1.79. The molecule has 26 heavy (non-hydrogen) atoms. The van der Waals surface area contributed by atoms with Crippen LogP contribution in [-0.2, 0) is 17.9 Å². The second kappa shape index (κ2) is 11.8. The Labute approximate surface area is 159 Å². The van der Waals surface area contributed by atoms with Crippen molar-refractivity contribution in [3.8, 4) is 11.5 Å². The van der Waals surface area contributed by atoms with Crippen LogP contribution in [0.3, 0.4) is 0 Å². The molecule has 0 fully saturated rings. The first-order chi connectivity index (χ1) is 12.7. The van der Waals surface area contributed by atoms with Crippen LogP contribution in [0, 0.1) is 0 Å². The van der Waals surface area contributed by atoms with Crippen LogP contribution < -0.4 is 14.8 Å². The Kier molecular flexibility index (Phi) is 9.28. The molecule has 0 radical (unpaired) electrons. The Morgan fingerprint density at radius 1 is 1.04 bits per heavy atom. The van der Waals surface area contributed by atoms with Crippen molar-refractivity contribution in [1.82, 2.24) is 5.32 Å². The largest absolute Gasteiger partial charge is 0.490 e. The van der Waals surface area contributed by atoms with Gasteiger partial charge in [-0.25, -0.2) is 0 Å². The van der Waals surface area contributed by atoms with E-state index in [4.69, 9.17) is 30.9 Å². The van der Waals surface area contributed by atoms with Gasteiger partial charge in [0.2, 0.25) is 0 Å². The van der Waals surface area contributed by atoms with Crippen LogP contribution in [-0.4, -0.2) is 38.1 Å². The van der Waals surface area contributed by atoms with E-state index in [1.165, 1.54) is 0 Å². The van der Waals surface area contributed by atoms with E-state index in [-0.39, 0.29) is 6.61 Å². The number of aliphatic hydroxyl groups is 1. The average molecular weight is 380 g/mol. The summed E-state index contributed by atoms with van der Waals surface area (Å²) < 4.78 is 16.8. The molecule has 0 amide bonds. The molecule has 2 rings (SSSR count). The predicted molar refractivity (Wildman–Crippen MR) is 103 cm³/mol. The number of rotatable bonds is 12. The van der Waals surface area contributed by atoms with Crippen LogP contribution in [0.15, 0.2) is 42.5 Å². The number of hydrogen-bond donors (Lipinski definition) is 2. The third kappa shape index (κ3) is 6.84. The minimum Gasteiger partial charge on any atom is -0.490 e. The van der Waals surface area contributed by atoms with Gasteiger partial charge in [-0.05, 0) is 24.1 Å². The summed E-state index contributed by atoms with van der Waals surface area (Å²) in [6, 6.07) is 13.7. The van der Waals surface area contributed by atoms with Gasteiger partial charge in [0.1, 0.15) is 6.61 Å². The van der Waals surface area contributed by atoms with Crippen LogP contribution in [0.5, 0.6) is 11.5 Å². The van der Waals surface area contributed by atoms with Crippen molar-refractivity contribution in [2.24, 2.45) is 0 Å². The molecule has 0 aliphatic rings. The molecule has 0 aromatic heterocycles. The lowest BCUT2D eigenvalue weighted by Crippen LogP contribution is -2.20. The molecule has 0 unspecified atom stereocenters. The lowest BCUT2D eigenvalue weighted by atomic mass is 10.2. The van der Waals surface area contributed by atoms with Gasteiger partial charge in [-0.15, -0.1) is 0 Å². The first kappa shape index (κ1) is 20.5. The maximum absolute atomic E-state index is 8.67. The van der Waals surface area contributed by atoms with Crippen molar-refractivity contribution < 1.29 is 19.3 Å². The summed E-state index contributed by atoms with van der Waals surface area (Å²) in [6.45, 7) is 5.13. The summed E-state index contributed by atoms with van der Waals surface area (Å²) in [4.78, 5) is 0. The fourth-order valence-corrected chi connectivity index (χ4v) is 2.58. The van der Waals surface area contributed by atoms with Crippen LogP contribution in [0.2, 0.25) is 5.02 Å². The van der Waals surface area contributed by atoms with E-state index in [9.17, 15) is 0 Å². The quantitative estimate of drug-likeness (QED) is 0.553. The monoisotopic (exact) mass is 379 g/mol. The van der Waals surface area contributed by atoms with Crippen molar-refractivity contribution in [2.75, 3.05) is 33.0 Å². The molecule has 0 aliphatic carbocycles. The van der Waals surface area contributed by atoms with Gasteiger partial charge in [0.15, 0.2) is 11.5 Å². The van der Waals surface area contributed by atoms with E-state index < -0.39 is 0 Å². The number of benzene rings is 2. The van der Waals surface area contributed by atoms with Gasteiger partial charge in [0, 0.05) is 24.2 Å². The number of ether oxygens (including phenoxy) is 3. The fraction of sp³-hybridized carbons (Fsp3) is 0.400. The Balaban J connectivity index is 1.97. The minimum absolute atomic E-state index is 0.0357. The normalized spacial score (nSPS) is 10.7. The van der Waals surface area contributed by atoms with E-state index in [1.54, 1.807) is 6.07 Å². The number of hydrogen-bond acceptors (Lipinski definition) is 5. The van der Waals surface area contributed by atoms with Crippen LogP contribution in [0.1, 0.15) is 18.1 Å². The zero-order valence-corrected chi connectivity index (χ0v) is 15.8. The maximum atomic E-state index is 8.67. The highest BCUT2D eigenvalue weighted by molar-refractivity contribution is 6.31. The summed E-state index contributed by atoms with van der Waals surface area (Å²) in [5, 5.41) is 12.6. The predicted octanol–water partition coefficient (Wildman–Crippen LogP) is 3.42. The highest BCUT2D eigenvalue weighted by Crippen LogP contribution is 2.34. The van der Waals surface area contributed by atoms with Crippen LogP contribution in [0.4, 0.5) is 0 Å². The topological polar surface area (TPSA) is 60.0 Å². The number of aliphatic hydroxyl groups excluding tert-OH is 1. The molecule has 2 aromatic carbocycles. The summed E-state index contributed by atoms with van der Waals surface area (Å²) in [7, 11) is 0. The molecule has 0 aliphatic heterocycles. The second-order valence-electron chi connectivity index (χ2n) is 5.61. The highest BCUT2D eigenvalue weighted by Gasteiger charge is 2.11. The van der Waals surface area contributed by atoms with E-state index >= 15 is 0 Å². The molecule has 0 bridgehead atoms. The zero-order valence-electron chi connectivity index (χ0n) is 15.0. The third-order valence-electron chi connectivity index (χ3n) is 3.62. The smallest absolute Gasteiger partial charge is 0.163 e. The maximum Gasteiger partial charge on any atom is 0.163 e. The molecule has 0 atom stereocenters. The minimum atomic E-state index is 0.0357. The fourth-order valence-electron chi connectivity index (χ4n) is 2.36. The van der Waals surface area contributed by atoms with E-state index in [0.717, 1.165) is 11.1 Å². The Morgan fingerprint density at radius 2 is 1.81 bits per heavy atom. The van der Waals surface area contributed by atoms with E-state index in [2.05, 4.69) is 5.32 Å². The first-order valence-electron chi connectivity index (χ1n) is 8.75. The molecular formula is C20H26ClNO4. The summed E-state index contributed by atoms with van der Waals surface area (Å²) in [6.07, 6.45) is 0. The van der Waals surface area contributed by atoms with Gasteiger partial charge in [-0.3, -0.25) is 0 Å². The molecule has 142 valence electrons. The van der Waals surface area contributed by atoms with Crippen molar-refractivity contribution in [1.29, 1.82) is 0 Å². The molecule has 6 heteroatoms. The molecular weight excluding hydrogens is 354 g/mol. The van der Waals surface area contributed by atoms with Gasteiger partial charge < -0.3 is 24.6 Å². The molecule has 0 heterocycles. The van der Waals surface area contributed by atoms with Gasteiger partial charge in [0.25, 0.3) is 0 Å². The molecule has 2 N–H and O–H groups in total. The number of nitrogens with one attached hydrogen (secondary N) is 1. The second-order valence-corrected chi connectivity index (χ2v) is 6.02. The lowest BCUT2D eigenvalue weighted by molar-refractivity contribution is 0.0938. The molecule has 2 aromatic rings. The molecule has 0 spiro atoms. The van der Waals surface area contributed by atoms with Crippen LogP contribution >= 0.6 is 11.6 Å². The average Bonchev–Trinajstić information content (AvgIpc) is 2.66. The first-order valence-corrected chi connectivity index (χ1v) is 9.13. The van der Waals surface area contributed by atoms with E-state index in [0.29, 0.717) is 56.0 Å². The summed E-state index contributed by atoms with van der Waals surface area (Å²) in [5.74, 6) is 1.32.